The fourth-order valence-corrected chi connectivity index (χ4v) is 3.98. The van der Waals surface area contributed by atoms with E-state index in [1.165, 1.54) is 11.3 Å². The minimum Gasteiger partial charge on any atom is -0.368 e. The van der Waals surface area contributed by atoms with E-state index in [4.69, 9.17) is 0 Å². The first-order chi connectivity index (χ1) is 14.5. The zero-order chi connectivity index (χ0) is 21.1. The lowest BCUT2D eigenvalue weighted by molar-refractivity contribution is -0.131. The topological polar surface area (TPSA) is 81.8 Å². The van der Waals surface area contributed by atoms with Crippen LogP contribution >= 0.6 is 0 Å². The number of benzene rings is 2. The lowest BCUT2D eigenvalue weighted by Crippen LogP contribution is -2.49. The highest BCUT2D eigenvalue weighted by atomic mass is 16.2. The number of amides is 3. The van der Waals surface area contributed by atoms with E-state index in [0.717, 1.165) is 13.1 Å². The van der Waals surface area contributed by atoms with Gasteiger partial charge in [-0.1, -0.05) is 24.3 Å². The number of hydrogen-bond donors (Lipinski definition) is 2. The summed E-state index contributed by atoms with van der Waals surface area (Å²) in [6.45, 7) is 4.95. The first-order valence-corrected chi connectivity index (χ1v) is 10.3. The summed E-state index contributed by atoms with van der Waals surface area (Å²) in [6.07, 6.45) is 0.502. The number of fused-ring (bicyclic) bond motifs is 1. The molecule has 2 heterocycles. The molecule has 2 N–H and O–H groups in total. The first-order valence-electron chi connectivity index (χ1n) is 10.3. The summed E-state index contributed by atoms with van der Waals surface area (Å²) in [7, 11) is 0. The molecule has 1 atom stereocenters. The molecule has 156 valence electrons. The van der Waals surface area contributed by atoms with Gasteiger partial charge < -0.3 is 20.4 Å². The van der Waals surface area contributed by atoms with Gasteiger partial charge in [0, 0.05) is 38.3 Å². The number of nitrogens with one attached hydrogen (secondary N) is 2. The van der Waals surface area contributed by atoms with Gasteiger partial charge in [0.2, 0.25) is 11.8 Å². The quantitative estimate of drug-likeness (QED) is 0.816. The second-order valence-electron chi connectivity index (χ2n) is 7.81. The maximum absolute atomic E-state index is 12.7. The van der Waals surface area contributed by atoms with Gasteiger partial charge >= 0.3 is 0 Å². The van der Waals surface area contributed by atoms with Crippen molar-refractivity contribution in [3.05, 3.63) is 59.7 Å². The Hall–Kier alpha value is -3.35. The minimum absolute atomic E-state index is 0.0164. The van der Waals surface area contributed by atoms with Crippen LogP contribution in [0.25, 0.3) is 0 Å². The monoisotopic (exact) mass is 406 g/mol. The van der Waals surface area contributed by atoms with E-state index in [2.05, 4.69) is 40.7 Å². The van der Waals surface area contributed by atoms with Crippen molar-refractivity contribution in [2.75, 3.05) is 36.4 Å². The zero-order valence-corrected chi connectivity index (χ0v) is 17.1. The maximum Gasteiger partial charge on any atom is 0.254 e. The van der Waals surface area contributed by atoms with E-state index in [-0.39, 0.29) is 30.6 Å². The highest BCUT2D eigenvalue weighted by Gasteiger charge is 2.29. The van der Waals surface area contributed by atoms with Gasteiger partial charge in [0.15, 0.2) is 0 Å². The Balaban J connectivity index is 1.30. The van der Waals surface area contributed by atoms with Gasteiger partial charge in [-0.25, -0.2) is 0 Å². The number of aryl methyl sites for hydroxylation is 1. The van der Waals surface area contributed by atoms with Crippen molar-refractivity contribution < 1.29 is 14.4 Å². The second-order valence-corrected chi connectivity index (χ2v) is 7.81. The Labute approximate surface area is 176 Å². The van der Waals surface area contributed by atoms with Crippen molar-refractivity contribution in [2.24, 2.45) is 0 Å². The summed E-state index contributed by atoms with van der Waals surface area (Å²) in [5, 5.41) is 5.53. The predicted octanol–water partition coefficient (Wildman–Crippen LogP) is 2.17. The van der Waals surface area contributed by atoms with Gasteiger partial charge in [0.25, 0.3) is 5.91 Å². The van der Waals surface area contributed by atoms with Crippen LogP contribution in [-0.4, -0.2) is 54.8 Å². The summed E-state index contributed by atoms with van der Waals surface area (Å²) in [5.74, 6) is -0.568. The highest BCUT2D eigenvalue weighted by molar-refractivity contribution is 6.09. The highest BCUT2D eigenvalue weighted by Crippen LogP contribution is 2.20. The number of rotatable bonds is 4. The number of para-hydroxylation sites is 1. The molecule has 30 heavy (non-hydrogen) atoms. The number of carbonyl (C=O) groups excluding carboxylic acids is 3. The Bertz CT molecular complexity index is 966. The van der Waals surface area contributed by atoms with Crippen LogP contribution in [0.3, 0.4) is 0 Å². The van der Waals surface area contributed by atoms with Gasteiger partial charge in [0.1, 0.15) is 6.04 Å². The van der Waals surface area contributed by atoms with Gasteiger partial charge in [-0.3, -0.25) is 14.4 Å². The lowest BCUT2D eigenvalue weighted by atomic mass is 10.1. The molecule has 7 nitrogen and oxygen atoms in total. The number of hydrogen-bond acceptors (Lipinski definition) is 4. The molecule has 2 aromatic rings. The third kappa shape index (κ3) is 4.30. The van der Waals surface area contributed by atoms with Crippen LogP contribution in [0.15, 0.2) is 48.5 Å². The van der Waals surface area contributed by atoms with Crippen LogP contribution in [0.4, 0.5) is 11.4 Å². The van der Waals surface area contributed by atoms with Crippen molar-refractivity contribution in [3.8, 4) is 0 Å². The van der Waals surface area contributed by atoms with Crippen LogP contribution in [0.5, 0.6) is 0 Å². The molecule has 0 radical (unpaired) electrons. The van der Waals surface area contributed by atoms with E-state index < -0.39 is 6.04 Å². The van der Waals surface area contributed by atoms with Crippen molar-refractivity contribution in [1.29, 1.82) is 0 Å². The zero-order valence-electron chi connectivity index (χ0n) is 17.1. The summed E-state index contributed by atoms with van der Waals surface area (Å²) in [6, 6.07) is 14.6. The molecule has 0 aliphatic carbocycles. The van der Waals surface area contributed by atoms with E-state index >= 15 is 0 Å². The van der Waals surface area contributed by atoms with Crippen LogP contribution in [0.2, 0.25) is 0 Å². The molecule has 1 fully saturated rings. The molecule has 0 saturated carbocycles. The number of anilines is 2. The average Bonchev–Trinajstić information content (AvgIpc) is 2.88. The molecule has 2 aromatic carbocycles. The fraction of sp³-hybridized carbons (Fsp3) is 0.348. The Morgan fingerprint density at radius 3 is 2.57 bits per heavy atom. The Kier molecular flexibility index (Phi) is 5.70. The molecule has 0 spiro atoms. The Morgan fingerprint density at radius 1 is 1.03 bits per heavy atom. The first kappa shape index (κ1) is 19.9. The van der Waals surface area contributed by atoms with E-state index in [9.17, 15) is 14.4 Å². The van der Waals surface area contributed by atoms with Crippen LogP contribution < -0.4 is 15.5 Å². The molecular formula is C23H26N4O3. The SMILES string of the molecule is Cc1cccc(N2CCN(C(=O)CCC3NC(=O)c4ccccc4NC3=O)CC2)c1. The molecule has 3 amide bonds. The van der Waals surface area contributed by atoms with Crippen molar-refractivity contribution in [3.63, 3.8) is 0 Å². The lowest BCUT2D eigenvalue weighted by Gasteiger charge is -2.36. The molecule has 1 unspecified atom stereocenters. The molecular weight excluding hydrogens is 380 g/mol. The Morgan fingerprint density at radius 2 is 1.80 bits per heavy atom. The summed E-state index contributed by atoms with van der Waals surface area (Å²) in [5.41, 5.74) is 3.34. The smallest absolute Gasteiger partial charge is 0.254 e. The normalized spacial score (nSPS) is 18.9. The fourth-order valence-electron chi connectivity index (χ4n) is 3.98. The molecule has 0 bridgehead atoms. The van der Waals surface area contributed by atoms with Crippen molar-refractivity contribution >= 4 is 29.1 Å². The molecule has 2 aliphatic rings. The minimum atomic E-state index is -0.720. The predicted molar refractivity (Wildman–Crippen MR) is 116 cm³/mol. The second kappa shape index (κ2) is 8.57. The number of piperazine rings is 1. The van der Waals surface area contributed by atoms with Crippen molar-refractivity contribution in [2.45, 2.75) is 25.8 Å². The van der Waals surface area contributed by atoms with Gasteiger partial charge in [-0.15, -0.1) is 0 Å². The van der Waals surface area contributed by atoms with Crippen LogP contribution in [0.1, 0.15) is 28.8 Å². The summed E-state index contributed by atoms with van der Waals surface area (Å²) >= 11 is 0. The van der Waals surface area contributed by atoms with Gasteiger partial charge in [0.05, 0.1) is 11.3 Å². The standard InChI is InChI=1S/C23H26N4O3/c1-16-5-4-6-17(15-16)26-11-13-27(14-12-26)21(28)10-9-20-23(30)24-19-8-3-2-7-18(19)22(29)25-20/h2-8,15,20H,9-14H2,1H3,(H,24,30)(H,25,29). The van der Waals surface area contributed by atoms with Crippen LogP contribution in [0, 0.1) is 6.92 Å². The average molecular weight is 406 g/mol. The largest absolute Gasteiger partial charge is 0.368 e. The summed E-state index contributed by atoms with van der Waals surface area (Å²) in [4.78, 5) is 41.7. The molecule has 2 aliphatic heterocycles. The van der Waals surface area contributed by atoms with Crippen LogP contribution in [-0.2, 0) is 9.59 Å². The summed E-state index contributed by atoms with van der Waals surface area (Å²) < 4.78 is 0. The molecule has 1 saturated heterocycles. The maximum atomic E-state index is 12.7. The van der Waals surface area contributed by atoms with Gasteiger partial charge in [-0.05, 0) is 43.2 Å². The molecule has 7 heteroatoms. The van der Waals surface area contributed by atoms with E-state index in [1.54, 1.807) is 24.3 Å². The third-order valence-corrected chi connectivity index (χ3v) is 5.70. The molecule has 0 aromatic heterocycles. The third-order valence-electron chi connectivity index (χ3n) is 5.70. The van der Waals surface area contributed by atoms with Gasteiger partial charge in [-0.2, -0.15) is 0 Å². The van der Waals surface area contributed by atoms with E-state index in [1.807, 2.05) is 11.0 Å². The van der Waals surface area contributed by atoms with Crippen molar-refractivity contribution in [1.82, 2.24) is 10.2 Å². The molecule has 4 rings (SSSR count). The number of carbonyl (C=O) groups is 3. The number of nitrogens with zero attached hydrogens (tertiary/aromatic N) is 2. The van der Waals surface area contributed by atoms with E-state index in [0.29, 0.717) is 24.3 Å².